The normalized spacial score (nSPS) is 11.9. The molecule has 1 aromatic heterocycles. The van der Waals surface area contributed by atoms with E-state index in [2.05, 4.69) is 29.1 Å². The number of carbonyl (C=O) groups is 1. The Bertz CT molecular complexity index is 728. The van der Waals surface area contributed by atoms with E-state index in [9.17, 15) is 9.59 Å². The van der Waals surface area contributed by atoms with Gasteiger partial charge in [-0.25, -0.2) is 4.98 Å². The molecule has 0 aliphatic carbocycles. The highest BCUT2D eigenvalue weighted by Crippen LogP contribution is 2.20. The third kappa shape index (κ3) is 5.14. The van der Waals surface area contributed by atoms with E-state index >= 15 is 0 Å². The zero-order valence-electron chi connectivity index (χ0n) is 13.1. The highest BCUT2D eigenvalue weighted by Gasteiger charge is 2.07. The third-order valence-electron chi connectivity index (χ3n) is 3.46. The third-order valence-corrected chi connectivity index (χ3v) is 4.33. The standard InChI is InChI=1S/C16H20N4O2S/c1-3-10(2)11-4-6-12(7-5-11)18-15(22)9-23-16-19-13(17)8-14(21)20-16/h4-8,10H,3,9H2,1-2H3,(H,18,22)(H3,17,19,20,21)/t10-/m0/s1. The Labute approximate surface area is 138 Å². The summed E-state index contributed by atoms with van der Waals surface area (Å²) >= 11 is 1.13. The van der Waals surface area contributed by atoms with Crippen LogP contribution in [0.2, 0.25) is 0 Å². The molecule has 7 heteroatoms. The van der Waals surface area contributed by atoms with Crippen LogP contribution < -0.4 is 16.6 Å². The number of aromatic nitrogens is 2. The summed E-state index contributed by atoms with van der Waals surface area (Å²) in [5, 5.41) is 3.15. The van der Waals surface area contributed by atoms with Crippen molar-refractivity contribution < 1.29 is 4.79 Å². The molecule has 1 atom stereocenters. The highest BCUT2D eigenvalue weighted by atomic mass is 32.2. The molecular formula is C16H20N4O2S. The van der Waals surface area contributed by atoms with Crippen molar-refractivity contribution in [3.63, 3.8) is 0 Å². The zero-order valence-corrected chi connectivity index (χ0v) is 13.9. The molecule has 0 unspecified atom stereocenters. The number of H-pyrrole nitrogens is 1. The molecule has 1 amide bonds. The lowest BCUT2D eigenvalue weighted by Crippen LogP contribution is -2.15. The lowest BCUT2D eigenvalue weighted by atomic mass is 9.99. The van der Waals surface area contributed by atoms with E-state index < -0.39 is 0 Å². The number of anilines is 2. The number of nitrogens with zero attached hydrogens (tertiary/aromatic N) is 1. The Morgan fingerprint density at radius 3 is 2.70 bits per heavy atom. The van der Waals surface area contributed by atoms with Crippen molar-refractivity contribution in [2.75, 3.05) is 16.8 Å². The first-order valence-corrected chi connectivity index (χ1v) is 8.36. The molecule has 0 aliphatic rings. The van der Waals surface area contributed by atoms with E-state index in [0.717, 1.165) is 23.9 Å². The SMILES string of the molecule is CC[C@H](C)c1ccc(NC(=O)CSc2nc(N)cc(=O)[nH]2)cc1. The van der Waals surface area contributed by atoms with Crippen molar-refractivity contribution in [1.29, 1.82) is 0 Å². The molecule has 6 nitrogen and oxygen atoms in total. The van der Waals surface area contributed by atoms with Crippen molar-refractivity contribution in [3.8, 4) is 0 Å². The van der Waals surface area contributed by atoms with Gasteiger partial charge in [-0.3, -0.25) is 9.59 Å². The van der Waals surface area contributed by atoms with Crippen LogP contribution in [0.1, 0.15) is 31.7 Å². The van der Waals surface area contributed by atoms with Gasteiger partial charge in [0.15, 0.2) is 5.16 Å². The summed E-state index contributed by atoms with van der Waals surface area (Å²) in [4.78, 5) is 29.7. The van der Waals surface area contributed by atoms with E-state index in [4.69, 9.17) is 5.73 Å². The van der Waals surface area contributed by atoms with Gasteiger partial charge in [0.1, 0.15) is 5.82 Å². The summed E-state index contributed by atoms with van der Waals surface area (Å²) in [6.07, 6.45) is 1.08. The Hall–Kier alpha value is -2.28. The average molecular weight is 332 g/mol. The summed E-state index contributed by atoms with van der Waals surface area (Å²) < 4.78 is 0. The van der Waals surface area contributed by atoms with Gasteiger partial charge in [0, 0.05) is 11.8 Å². The number of thioether (sulfide) groups is 1. The molecule has 2 rings (SSSR count). The largest absolute Gasteiger partial charge is 0.383 e. The van der Waals surface area contributed by atoms with Crippen LogP contribution in [-0.4, -0.2) is 21.6 Å². The number of nitrogens with two attached hydrogens (primary N) is 1. The van der Waals surface area contributed by atoms with Crippen LogP contribution in [0.4, 0.5) is 11.5 Å². The predicted octanol–water partition coefficient (Wildman–Crippen LogP) is 2.60. The van der Waals surface area contributed by atoms with Crippen LogP contribution in [0.15, 0.2) is 40.3 Å². The fraction of sp³-hybridized carbons (Fsp3) is 0.312. The number of carbonyl (C=O) groups excluding carboxylic acids is 1. The van der Waals surface area contributed by atoms with Crippen LogP contribution in [0, 0.1) is 0 Å². The van der Waals surface area contributed by atoms with E-state index in [-0.39, 0.29) is 23.0 Å². The van der Waals surface area contributed by atoms with Crippen molar-refractivity contribution in [3.05, 3.63) is 46.2 Å². The smallest absolute Gasteiger partial charge is 0.253 e. The molecule has 23 heavy (non-hydrogen) atoms. The van der Waals surface area contributed by atoms with Crippen LogP contribution in [0.25, 0.3) is 0 Å². The second-order valence-corrected chi connectivity index (χ2v) is 6.21. The summed E-state index contributed by atoms with van der Waals surface area (Å²) in [6.45, 7) is 4.32. The predicted molar refractivity (Wildman–Crippen MR) is 93.8 cm³/mol. The average Bonchev–Trinajstić information content (AvgIpc) is 2.52. The van der Waals surface area contributed by atoms with Crippen LogP contribution in [0.3, 0.4) is 0 Å². The topological polar surface area (TPSA) is 101 Å². The van der Waals surface area contributed by atoms with Gasteiger partial charge in [-0.1, -0.05) is 37.7 Å². The molecule has 0 saturated heterocycles. The Morgan fingerprint density at radius 1 is 1.39 bits per heavy atom. The number of hydrogen-bond donors (Lipinski definition) is 3. The maximum atomic E-state index is 11.9. The molecule has 4 N–H and O–H groups in total. The number of amides is 1. The number of hydrogen-bond acceptors (Lipinski definition) is 5. The van der Waals surface area contributed by atoms with Gasteiger partial charge in [0.05, 0.1) is 5.75 Å². The molecule has 0 spiro atoms. The maximum Gasteiger partial charge on any atom is 0.253 e. The van der Waals surface area contributed by atoms with Crippen molar-refractivity contribution in [2.45, 2.75) is 31.3 Å². The van der Waals surface area contributed by atoms with Gasteiger partial charge in [-0.05, 0) is 30.0 Å². The lowest BCUT2D eigenvalue weighted by molar-refractivity contribution is -0.113. The van der Waals surface area contributed by atoms with Gasteiger partial charge in [0.2, 0.25) is 5.91 Å². The van der Waals surface area contributed by atoms with Gasteiger partial charge in [-0.2, -0.15) is 0 Å². The maximum absolute atomic E-state index is 11.9. The van der Waals surface area contributed by atoms with Gasteiger partial charge in [0.25, 0.3) is 5.56 Å². The molecule has 1 heterocycles. The minimum absolute atomic E-state index is 0.136. The van der Waals surface area contributed by atoms with E-state index in [1.165, 1.54) is 11.6 Å². The minimum Gasteiger partial charge on any atom is -0.383 e. The van der Waals surface area contributed by atoms with Crippen molar-refractivity contribution >= 4 is 29.2 Å². The number of nitrogens with one attached hydrogen (secondary N) is 2. The molecule has 122 valence electrons. The first kappa shape index (κ1) is 17.1. The zero-order chi connectivity index (χ0) is 16.8. The van der Waals surface area contributed by atoms with Crippen molar-refractivity contribution in [1.82, 2.24) is 9.97 Å². The number of nitrogen functional groups attached to an aromatic ring is 1. The summed E-state index contributed by atoms with van der Waals surface area (Å²) in [6, 6.07) is 9.03. The molecule has 2 aromatic rings. The summed E-state index contributed by atoms with van der Waals surface area (Å²) in [7, 11) is 0. The molecule has 0 saturated carbocycles. The first-order chi connectivity index (χ1) is 11.0. The lowest BCUT2D eigenvalue weighted by Gasteiger charge is -2.10. The summed E-state index contributed by atoms with van der Waals surface area (Å²) in [5.74, 6) is 0.606. The van der Waals surface area contributed by atoms with Crippen LogP contribution in [-0.2, 0) is 4.79 Å². The quantitative estimate of drug-likeness (QED) is 0.557. The number of aromatic amines is 1. The van der Waals surface area contributed by atoms with Gasteiger partial charge in [-0.15, -0.1) is 0 Å². The second-order valence-electron chi connectivity index (χ2n) is 5.24. The van der Waals surface area contributed by atoms with Gasteiger partial charge >= 0.3 is 0 Å². The van der Waals surface area contributed by atoms with E-state index in [0.29, 0.717) is 11.1 Å². The minimum atomic E-state index is -0.332. The van der Waals surface area contributed by atoms with E-state index in [1.807, 2.05) is 24.3 Å². The van der Waals surface area contributed by atoms with Crippen LogP contribution >= 0.6 is 11.8 Å². The number of rotatable bonds is 6. The molecular weight excluding hydrogens is 312 g/mol. The fourth-order valence-electron chi connectivity index (χ4n) is 1.98. The van der Waals surface area contributed by atoms with Gasteiger partial charge < -0.3 is 16.0 Å². The Morgan fingerprint density at radius 2 is 2.09 bits per heavy atom. The number of benzene rings is 1. The Balaban J connectivity index is 1.90. The molecule has 0 fully saturated rings. The Kier molecular flexibility index (Phi) is 5.81. The summed E-state index contributed by atoms with van der Waals surface area (Å²) in [5.41, 5.74) is 7.16. The first-order valence-electron chi connectivity index (χ1n) is 7.37. The fourth-order valence-corrected chi connectivity index (χ4v) is 2.67. The highest BCUT2D eigenvalue weighted by molar-refractivity contribution is 7.99. The molecule has 0 bridgehead atoms. The second kappa shape index (κ2) is 7.82. The molecule has 0 aliphatic heterocycles. The monoisotopic (exact) mass is 332 g/mol. The molecule has 0 radical (unpaired) electrons. The van der Waals surface area contributed by atoms with E-state index in [1.54, 1.807) is 0 Å². The molecule has 1 aromatic carbocycles. The van der Waals surface area contributed by atoms with Crippen LogP contribution in [0.5, 0.6) is 0 Å². The van der Waals surface area contributed by atoms with Crippen molar-refractivity contribution in [2.24, 2.45) is 0 Å².